The van der Waals surface area contributed by atoms with Crippen LogP contribution in [-0.4, -0.2) is 48.2 Å². The van der Waals surface area contributed by atoms with Gasteiger partial charge < -0.3 is 20.5 Å². The lowest BCUT2D eigenvalue weighted by atomic mass is 9.98. The third-order valence-corrected chi connectivity index (χ3v) is 6.53. The average Bonchev–Trinajstić information content (AvgIpc) is 3.21. The van der Waals surface area contributed by atoms with Crippen molar-refractivity contribution in [1.29, 1.82) is 0 Å². The molecule has 2 amide bonds. The maximum Gasteiger partial charge on any atom is 0.407 e. The van der Waals surface area contributed by atoms with E-state index in [0.29, 0.717) is 0 Å². The zero-order chi connectivity index (χ0) is 24.6. The number of carbonyl (C=O) groups excluding carboxylic acids is 2. The number of carboxylic acids is 1. The monoisotopic (exact) mass is 472 g/mol. The number of nitrogens with one attached hydrogen (secondary N) is 2. The molecule has 0 bridgehead atoms. The van der Waals surface area contributed by atoms with Crippen LogP contribution in [0.25, 0.3) is 11.1 Å². The second-order valence-corrected chi connectivity index (χ2v) is 9.03. The summed E-state index contributed by atoms with van der Waals surface area (Å²) in [5.74, 6) is -9.38. The number of benzene rings is 2. The summed E-state index contributed by atoms with van der Waals surface area (Å²) >= 11 is 0. The summed E-state index contributed by atoms with van der Waals surface area (Å²) < 4.78 is 32.6. The average molecular weight is 472 g/mol. The van der Waals surface area contributed by atoms with Gasteiger partial charge in [-0.3, -0.25) is 9.59 Å². The molecule has 0 spiro atoms. The van der Waals surface area contributed by atoms with Gasteiger partial charge in [-0.2, -0.15) is 0 Å². The number of rotatable bonds is 8. The minimum absolute atomic E-state index is 0.0703. The van der Waals surface area contributed by atoms with Gasteiger partial charge in [0.1, 0.15) is 18.6 Å². The molecule has 4 rings (SSSR count). The molecule has 2 aromatic rings. The van der Waals surface area contributed by atoms with Gasteiger partial charge in [0, 0.05) is 12.5 Å². The molecule has 0 heterocycles. The van der Waals surface area contributed by atoms with Gasteiger partial charge in [0.2, 0.25) is 5.91 Å². The van der Waals surface area contributed by atoms with E-state index in [4.69, 9.17) is 9.84 Å². The van der Waals surface area contributed by atoms with Crippen LogP contribution < -0.4 is 10.6 Å². The summed E-state index contributed by atoms with van der Waals surface area (Å²) in [7, 11) is 0. The number of carbonyl (C=O) groups is 3. The van der Waals surface area contributed by atoms with Crippen molar-refractivity contribution in [2.45, 2.75) is 31.7 Å². The SMILES string of the molecule is CC(C)[C@H](NC(=O)OCC1c2ccccc2-c2ccccc21)C(=O)NC[C@@H]1[C@H](C(=O)O)C1(F)F. The molecule has 34 heavy (non-hydrogen) atoms. The number of ether oxygens (including phenoxy) is 1. The number of alkyl halides is 2. The molecule has 0 aromatic heterocycles. The number of hydrogen-bond acceptors (Lipinski definition) is 4. The molecule has 7 nitrogen and oxygen atoms in total. The minimum atomic E-state index is -3.35. The van der Waals surface area contributed by atoms with Crippen molar-refractivity contribution in [3.8, 4) is 11.1 Å². The summed E-state index contributed by atoms with van der Waals surface area (Å²) in [5, 5.41) is 13.7. The van der Waals surface area contributed by atoms with Gasteiger partial charge in [-0.25, -0.2) is 13.6 Å². The number of halogens is 2. The van der Waals surface area contributed by atoms with Gasteiger partial charge in [0.15, 0.2) is 0 Å². The Morgan fingerprint density at radius 2 is 1.59 bits per heavy atom. The van der Waals surface area contributed by atoms with Crippen molar-refractivity contribution in [3.05, 3.63) is 59.7 Å². The lowest BCUT2D eigenvalue weighted by molar-refractivity contribution is -0.141. The van der Waals surface area contributed by atoms with E-state index in [-0.39, 0.29) is 18.4 Å². The van der Waals surface area contributed by atoms with Crippen molar-refractivity contribution >= 4 is 18.0 Å². The van der Waals surface area contributed by atoms with E-state index in [1.54, 1.807) is 13.8 Å². The molecule has 180 valence electrons. The maximum absolute atomic E-state index is 13.6. The number of hydrogen-bond donors (Lipinski definition) is 3. The Balaban J connectivity index is 1.35. The first-order valence-corrected chi connectivity index (χ1v) is 11.1. The fourth-order valence-electron chi connectivity index (χ4n) is 4.60. The largest absolute Gasteiger partial charge is 0.481 e. The zero-order valence-corrected chi connectivity index (χ0v) is 18.8. The van der Waals surface area contributed by atoms with Gasteiger partial charge in [-0.1, -0.05) is 62.4 Å². The molecule has 9 heteroatoms. The Hall–Kier alpha value is -3.49. The number of fused-ring (bicyclic) bond motifs is 3. The van der Waals surface area contributed by atoms with E-state index in [1.165, 1.54) is 0 Å². The Morgan fingerprint density at radius 1 is 1.03 bits per heavy atom. The van der Waals surface area contributed by atoms with E-state index in [9.17, 15) is 23.2 Å². The molecule has 2 aromatic carbocycles. The molecular weight excluding hydrogens is 446 g/mol. The second-order valence-electron chi connectivity index (χ2n) is 9.03. The molecule has 1 saturated carbocycles. The molecule has 2 aliphatic carbocycles. The molecule has 0 aliphatic heterocycles. The third-order valence-electron chi connectivity index (χ3n) is 6.53. The Kier molecular flexibility index (Phi) is 6.29. The van der Waals surface area contributed by atoms with Gasteiger partial charge in [0.05, 0.1) is 5.92 Å². The predicted molar refractivity (Wildman–Crippen MR) is 119 cm³/mol. The van der Waals surface area contributed by atoms with Crippen molar-refractivity contribution in [1.82, 2.24) is 10.6 Å². The topological polar surface area (TPSA) is 105 Å². The number of amides is 2. The summed E-state index contributed by atoms with van der Waals surface area (Å²) in [4.78, 5) is 36.0. The molecule has 0 unspecified atom stereocenters. The highest BCUT2D eigenvalue weighted by atomic mass is 19.3. The van der Waals surface area contributed by atoms with Crippen LogP contribution in [0.4, 0.5) is 13.6 Å². The van der Waals surface area contributed by atoms with Crippen LogP contribution in [0.1, 0.15) is 30.9 Å². The van der Waals surface area contributed by atoms with Crippen LogP contribution in [0.2, 0.25) is 0 Å². The Labute approximate surface area is 195 Å². The zero-order valence-electron chi connectivity index (χ0n) is 18.8. The highest BCUT2D eigenvalue weighted by molar-refractivity contribution is 5.86. The van der Waals surface area contributed by atoms with Gasteiger partial charge in [0.25, 0.3) is 5.92 Å². The summed E-state index contributed by atoms with van der Waals surface area (Å²) in [6.07, 6.45) is -0.795. The van der Waals surface area contributed by atoms with E-state index in [0.717, 1.165) is 22.3 Å². The van der Waals surface area contributed by atoms with Crippen LogP contribution in [0.3, 0.4) is 0 Å². The molecule has 3 N–H and O–H groups in total. The van der Waals surface area contributed by atoms with Crippen LogP contribution in [-0.2, 0) is 14.3 Å². The fourth-order valence-corrected chi connectivity index (χ4v) is 4.60. The molecule has 3 atom stereocenters. The minimum Gasteiger partial charge on any atom is -0.481 e. The maximum atomic E-state index is 13.6. The van der Waals surface area contributed by atoms with Gasteiger partial charge >= 0.3 is 12.1 Å². The van der Waals surface area contributed by atoms with E-state index in [2.05, 4.69) is 10.6 Å². The van der Waals surface area contributed by atoms with Crippen LogP contribution in [0.5, 0.6) is 0 Å². The van der Waals surface area contributed by atoms with Crippen molar-refractivity contribution < 1.29 is 33.0 Å². The lowest BCUT2D eigenvalue weighted by Crippen LogP contribution is -2.50. The van der Waals surface area contributed by atoms with E-state index in [1.807, 2.05) is 48.5 Å². The molecule has 0 saturated heterocycles. The van der Waals surface area contributed by atoms with Gasteiger partial charge in [-0.05, 0) is 28.2 Å². The highest BCUT2D eigenvalue weighted by Crippen LogP contribution is 2.54. The quantitative estimate of drug-likeness (QED) is 0.544. The van der Waals surface area contributed by atoms with Gasteiger partial charge in [-0.15, -0.1) is 0 Å². The first-order chi connectivity index (χ1) is 16.1. The van der Waals surface area contributed by atoms with Crippen LogP contribution >= 0.6 is 0 Å². The predicted octanol–water partition coefficient (Wildman–Crippen LogP) is 3.63. The van der Waals surface area contributed by atoms with Crippen molar-refractivity contribution in [3.63, 3.8) is 0 Å². The van der Waals surface area contributed by atoms with E-state index < -0.39 is 48.3 Å². The van der Waals surface area contributed by atoms with Crippen LogP contribution in [0.15, 0.2) is 48.5 Å². The molecule has 2 aliphatic rings. The lowest BCUT2D eigenvalue weighted by Gasteiger charge is -2.22. The van der Waals surface area contributed by atoms with Crippen molar-refractivity contribution in [2.24, 2.45) is 17.8 Å². The fraction of sp³-hybridized carbons (Fsp3) is 0.400. The standard InChI is InChI=1S/C25H26F2N2O5/c1-13(2)21(22(30)28-11-19-20(23(31)32)25(19,26)27)29-24(33)34-12-18-16-9-5-3-7-14(16)15-8-4-6-10-17(15)18/h3-10,13,18-21H,11-12H2,1-2H3,(H,28,30)(H,29,33)(H,31,32)/t19-,20-,21+/m1/s1. The van der Waals surface area contributed by atoms with Crippen molar-refractivity contribution in [2.75, 3.05) is 13.2 Å². The van der Waals surface area contributed by atoms with E-state index >= 15 is 0 Å². The summed E-state index contributed by atoms with van der Waals surface area (Å²) in [5.41, 5.74) is 4.27. The summed E-state index contributed by atoms with van der Waals surface area (Å²) in [6.45, 7) is 2.97. The first kappa shape index (κ1) is 23.7. The number of aliphatic carboxylic acids is 1. The highest BCUT2D eigenvalue weighted by Gasteiger charge is 2.72. The second kappa shape index (κ2) is 9.04. The Morgan fingerprint density at radius 3 is 2.09 bits per heavy atom. The molecule has 0 radical (unpaired) electrons. The normalized spacial score (nSPS) is 20.7. The number of alkyl carbamates (subject to hydrolysis) is 1. The van der Waals surface area contributed by atoms with Crippen LogP contribution in [0, 0.1) is 17.8 Å². The Bertz CT molecular complexity index is 1070. The summed E-state index contributed by atoms with van der Waals surface area (Å²) in [6, 6.07) is 14.8. The first-order valence-electron chi connectivity index (χ1n) is 11.1. The molecular formula is C25H26F2N2O5. The third kappa shape index (κ3) is 4.34. The number of carboxylic acid groups (broad SMARTS) is 1. The molecule has 1 fully saturated rings. The smallest absolute Gasteiger partial charge is 0.407 e.